The highest BCUT2D eigenvalue weighted by Crippen LogP contribution is 2.17. The molecule has 1 aromatic heterocycles. The Labute approximate surface area is 135 Å². The van der Waals surface area contributed by atoms with Gasteiger partial charge in [-0.2, -0.15) is 0 Å². The van der Waals surface area contributed by atoms with Crippen LogP contribution in [0.4, 0.5) is 0 Å². The normalized spacial score (nSPS) is 22.7. The van der Waals surface area contributed by atoms with E-state index in [-0.39, 0.29) is 11.8 Å². The largest absolute Gasteiger partial charge is 0.464 e. The maximum Gasteiger partial charge on any atom is 0.255 e. The molecule has 2 saturated heterocycles. The molecule has 2 aliphatic rings. The standard InChI is InChI=1S/C16H23N3O4/c1-11-13(15(20)18-14-3-2-4-17-16(14)21)9-12(23-11)10-19-5-7-22-8-6-19/h9,14H,2-8,10H2,1H3,(H,17,21)(H,18,20). The Morgan fingerprint density at radius 3 is 2.96 bits per heavy atom. The van der Waals surface area contributed by atoms with Gasteiger partial charge in [-0.15, -0.1) is 0 Å². The predicted octanol–water partition coefficient (Wildman–Crippen LogP) is 0.429. The van der Waals surface area contributed by atoms with Crippen LogP contribution in [0.2, 0.25) is 0 Å². The lowest BCUT2D eigenvalue weighted by Gasteiger charge is -2.25. The molecule has 0 aromatic carbocycles. The summed E-state index contributed by atoms with van der Waals surface area (Å²) >= 11 is 0. The Kier molecular flexibility index (Phi) is 4.97. The number of furan rings is 1. The van der Waals surface area contributed by atoms with Gasteiger partial charge >= 0.3 is 0 Å². The summed E-state index contributed by atoms with van der Waals surface area (Å²) in [5.41, 5.74) is 0.506. The first-order chi connectivity index (χ1) is 11.1. The Morgan fingerprint density at radius 1 is 1.43 bits per heavy atom. The van der Waals surface area contributed by atoms with Crippen LogP contribution in [0.5, 0.6) is 0 Å². The van der Waals surface area contributed by atoms with Crippen LogP contribution in [0, 0.1) is 6.92 Å². The molecule has 0 aliphatic carbocycles. The van der Waals surface area contributed by atoms with Gasteiger partial charge in [0, 0.05) is 19.6 Å². The Morgan fingerprint density at radius 2 is 2.22 bits per heavy atom. The third-order valence-electron chi connectivity index (χ3n) is 4.29. The molecule has 2 aliphatic heterocycles. The maximum atomic E-state index is 12.4. The molecule has 0 bridgehead atoms. The first-order valence-electron chi connectivity index (χ1n) is 8.11. The fraction of sp³-hybridized carbons (Fsp3) is 0.625. The molecule has 0 saturated carbocycles. The molecule has 0 spiro atoms. The Balaban J connectivity index is 1.62. The number of aryl methyl sites for hydroxylation is 1. The fourth-order valence-electron chi connectivity index (χ4n) is 2.97. The second-order valence-electron chi connectivity index (χ2n) is 6.03. The minimum atomic E-state index is -0.451. The summed E-state index contributed by atoms with van der Waals surface area (Å²) in [4.78, 5) is 26.4. The van der Waals surface area contributed by atoms with E-state index < -0.39 is 6.04 Å². The van der Waals surface area contributed by atoms with Gasteiger partial charge < -0.3 is 19.8 Å². The van der Waals surface area contributed by atoms with Crippen LogP contribution >= 0.6 is 0 Å². The zero-order valence-corrected chi connectivity index (χ0v) is 13.4. The number of carbonyl (C=O) groups is 2. The minimum absolute atomic E-state index is 0.112. The molecule has 23 heavy (non-hydrogen) atoms. The number of nitrogens with one attached hydrogen (secondary N) is 2. The van der Waals surface area contributed by atoms with Gasteiger partial charge in [-0.1, -0.05) is 0 Å². The first kappa shape index (κ1) is 16.0. The van der Waals surface area contributed by atoms with Crippen molar-refractivity contribution in [2.75, 3.05) is 32.8 Å². The van der Waals surface area contributed by atoms with E-state index in [4.69, 9.17) is 9.15 Å². The highest BCUT2D eigenvalue weighted by atomic mass is 16.5. The van der Waals surface area contributed by atoms with Crippen molar-refractivity contribution in [1.29, 1.82) is 0 Å². The van der Waals surface area contributed by atoms with Crippen molar-refractivity contribution in [3.63, 3.8) is 0 Å². The van der Waals surface area contributed by atoms with E-state index in [0.717, 1.165) is 38.5 Å². The second-order valence-corrected chi connectivity index (χ2v) is 6.03. The number of morpholine rings is 1. The molecule has 3 rings (SSSR count). The summed E-state index contributed by atoms with van der Waals surface area (Å²) in [6.07, 6.45) is 1.55. The number of hydrogen-bond donors (Lipinski definition) is 2. The van der Waals surface area contributed by atoms with Crippen molar-refractivity contribution in [3.05, 3.63) is 23.2 Å². The zero-order valence-electron chi connectivity index (χ0n) is 13.4. The summed E-state index contributed by atoms with van der Waals surface area (Å²) in [5, 5.41) is 5.57. The molecule has 7 heteroatoms. The highest BCUT2D eigenvalue weighted by molar-refractivity contribution is 5.98. The van der Waals surface area contributed by atoms with Gasteiger partial charge in [0.15, 0.2) is 0 Å². The van der Waals surface area contributed by atoms with E-state index in [1.54, 1.807) is 13.0 Å². The maximum absolute atomic E-state index is 12.4. The second kappa shape index (κ2) is 7.14. The van der Waals surface area contributed by atoms with E-state index in [1.165, 1.54) is 0 Å². The van der Waals surface area contributed by atoms with Crippen molar-refractivity contribution in [3.8, 4) is 0 Å². The Hall–Kier alpha value is -1.86. The van der Waals surface area contributed by atoms with Crippen LogP contribution in [0.3, 0.4) is 0 Å². The van der Waals surface area contributed by atoms with Crippen LogP contribution in [0.15, 0.2) is 10.5 Å². The highest BCUT2D eigenvalue weighted by Gasteiger charge is 2.26. The van der Waals surface area contributed by atoms with Gasteiger partial charge in [-0.05, 0) is 25.8 Å². The summed E-state index contributed by atoms with van der Waals surface area (Å²) in [7, 11) is 0. The van der Waals surface area contributed by atoms with Crippen LogP contribution in [0.1, 0.15) is 34.7 Å². The van der Waals surface area contributed by atoms with Gasteiger partial charge in [-0.3, -0.25) is 14.5 Å². The number of rotatable bonds is 4. The molecule has 2 amide bonds. The van der Waals surface area contributed by atoms with Gasteiger partial charge in [0.1, 0.15) is 17.6 Å². The van der Waals surface area contributed by atoms with Gasteiger partial charge in [0.2, 0.25) is 5.91 Å². The molecular weight excluding hydrogens is 298 g/mol. The lowest BCUT2D eigenvalue weighted by Crippen LogP contribution is -2.50. The smallest absolute Gasteiger partial charge is 0.255 e. The number of nitrogens with zero attached hydrogens (tertiary/aromatic N) is 1. The molecule has 1 atom stereocenters. The molecule has 0 radical (unpaired) electrons. The summed E-state index contributed by atoms with van der Waals surface area (Å²) < 4.78 is 11.0. The third-order valence-corrected chi connectivity index (χ3v) is 4.29. The third kappa shape index (κ3) is 3.92. The van der Waals surface area contributed by atoms with Crippen LogP contribution in [-0.4, -0.2) is 55.6 Å². The zero-order chi connectivity index (χ0) is 16.2. The van der Waals surface area contributed by atoms with Gasteiger partial charge in [-0.25, -0.2) is 0 Å². The SMILES string of the molecule is Cc1oc(CN2CCOCC2)cc1C(=O)NC1CCCNC1=O. The predicted molar refractivity (Wildman–Crippen MR) is 83.0 cm³/mol. The molecule has 126 valence electrons. The van der Waals surface area contributed by atoms with E-state index >= 15 is 0 Å². The lowest BCUT2D eigenvalue weighted by atomic mass is 10.1. The molecule has 3 heterocycles. The molecule has 1 aromatic rings. The van der Waals surface area contributed by atoms with E-state index in [9.17, 15) is 9.59 Å². The molecule has 2 N–H and O–H groups in total. The average Bonchev–Trinajstić information content (AvgIpc) is 2.91. The Bertz CT molecular complexity index is 578. The van der Waals surface area contributed by atoms with Gasteiger partial charge in [0.25, 0.3) is 5.91 Å². The average molecular weight is 321 g/mol. The number of carbonyl (C=O) groups excluding carboxylic acids is 2. The number of hydrogen-bond acceptors (Lipinski definition) is 5. The van der Waals surface area contributed by atoms with Crippen molar-refractivity contribution in [2.24, 2.45) is 0 Å². The van der Waals surface area contributed by atoms with E-state index in [2.05, 4.69) is 15.5 Å². The van der Waals surface area contributed by atoms with Crippen LogP contribution in [-0.2, 0) is 16.1 Å². The van der Waals surface area contributed by atoms with E-state index in [1.807, 2.05) is 0 Å². The number of ether oxygens (including phenoxy) is 1. The van der Waals surface area contributed by atoms with Crippen LogP contribution in [0.25, 0.3) is 0 Å². The van der Waals surface area contributed by atoms with E-state index in [0.29, 0.717) is 30.8 Å². The van der Waals surface area contributed by atoms with Crippen molar-refractivity contribution in [2.45, 2.75) is 32.4 Å². The molecule has 7 nitrogen and oxygen atoms in total. The quantitative estimate of drug-likeness (QED) is 0.840. The monoisotopic (exact) mass is 321 g/mol. The molecule has 1 unspecified atom stereocenters. The minimum Gasteiger partial charge on any atom is -0.464 e. The van der Waals surface area contributed by atoms with Crippen molar-refractivity contribution >= 4 is 11.8 Å². The number of piperidine rings is 1. The van der Waals surface area contributed by atoms with Crippen LogP contribution < -0.4 is 10.6 Å². The molecule has 2 fully saturated rings. The fourth-order valence-corrected chi connectivity index (χ4v) is 2.97. The first-order valence-corrected chi connectivity index (χ1v) is 8.11. The van der Waals surface area contributed by atoms with Crippen molar-refractivity contribution in [1.82, 2.24) is 15.5 Å². The lowest BCUT2D eigenvalue weighted by molar-refractivity contribution is -0.124. The number of amides is 2. The van der Waals surface area contributed by atoms with Gasteiger partial charge in [0.05, 0.1) is 25.3 Å². The summed E-state index contributed by atoms with van der Waals surface area (Å²) in [5.74, 6) is 0.991. The van der Waals surface area contributed by atoms with Crippen molar-refractivity contribution < 1.29 is 18.7 Å². The summed E-state index contributed by atoms with van der Waals surface area (Å²) in [6.45, 7) is 6.31. The summed E-state index contributed by atoms with van der Waals surface area (Å²) in [6, 6.07) is 1.33. The molecular formula is C16H23N3O4. The topological polar surface area (TPSA) is 83.8 Å².